The van der Waals surface area contributed by atoms with Crippen molar-refractivity contribution in [2.75, 3.05) is 0 Å². The summed E-state index contributed by atoms with van der Waals surface area (Å²) in [4.78, 5) is 4.45. The maximum atomic E-state index is 13.1. The van der Waals surface area contributed by atoms with Crippen molar-refractivity contribution in [2.24, 2.45) is 0 Å². The van der Waals surface area contributed by atoms with Crippen LogP contribution in [0.3, 0.4) is 0 Å². The van der Waals surface area contributed by atoms with Crippen molar-refractivity contribution in [1.82, 2.24) is 9.38 Å². The minimum atomic E-state index is -0.223. The van der Waals surface area contributed by atoms with Gasteiger partial charge in [-0.2, -0.15) is 0 Å². The van der Waals surface area contributed by atoms with Crippen LogP contribution >= 0.6 is 11.6 Å². The van der Waals surface area contributed by atoms with E-state index in [0.29, 0.717) is 11.4 Å². The maximum absolute atomic E-state index is 13.1. The van der Waals surface area contributed by atoms with Gasteiger partial charge in [0.15, 0.2) is 0 Å². The van der Waals surface area contributed by atoms with E-state index < -0.39 is 0 Å². The molecule has 18 heavy (non-hydrogen) atoms. The van der Waals surface area contributed by atoms with Crippen LogP contribution in [0, 0.1) is 5.82 Å². The van der Waals surface area contributed by atoms with E-state index in [1.54, 1.807) is 12.1 Å². The van der Waals surface area contributed by atoms with E-state index in [-0.39, 0.29) is 5.82 Å². The predicted molar refractivity (Wildman–Crippen MR) is 69.4 cm³/mol. The number of aromatic nitrogens is 2. The molecule has 1 aromatic carbocycles. The minimum Gasteiger partial charge on any atom is -0.307 e. The van der Waals surface area contributed by atoms with Gasteiger partial charge in [-0.15, -0.1) is 0 Å². The predicted octanol–water partition coefficient (Wildman–Crippen LogP) is 3.72. The van der Waals surface area contributed by atoms with Crippen LogP contribution in [0.4, 0.5) is 4.39 Å². The van der Waals surface area contributed by atoms with Crippen molar-refractivity contribution in [3.05, 3.63) is 70.9 Å². The summed E-state index contributed by atoms with van der Waals surface area (Å²) in [6, 6.07) is 10.2. The first-order chi connectivity index (χ1) is 8.70. The lowest BCUT2D eigenvalue weighted by Crippen LogP contribution is -1.88. The Balaban J connectivity index is 1.95. The normalized spacial score (nSPS) is 11.0. The monoisotopic (exact) mass is 260 g/mol. The smallest absolute Gasteiger partial charge is 0.138 e. The number of pyridine rings is 1. The number of imidazole rings is 1. The van der Waals surface area contributed by atoms with Gasteiger partial charge in [-0.05, 0) is 29.8 Å². The molecule has 0 saturated heterocycles. The fraction of sp³-hybridized carbons (Fsp3) is 0.0714. The summed E-state index contributed by atoms with van der Waals surface area (Å²) in [5, 5.41) is 0.658. The molecular formula is C14H10ClFN2. The quantitative estimate of drug-likeness (QED) is 0.686. The first kappa shape index (κ1) is 11.2. The molecule has 2 nitrogen and oxygen atoms in total. The lowest BCUT2D eigenvalue weighted by atomic mass is 10.1. The van der Waals surface area contributed by atoms with Gasteiger partial charge in [-0.1, -0.05) is 23.7 Å². The molecule has 0 aliphatic carbocycles. The molecule has 0 fully saturated rings. The fourth-order valence-electron chi connectivity index (χ4n) is 1.95. The Hall–Kier alpha value is -1.87. The zero-order valence-electron chi connectivity index (χ0n) is 9.48. The standard InChI is InChI=1S/C14H10ClFN2/c15-11-4-5-18-9-13(17-14(18)8-11)7-10-2-1-3-12(16)6-10/h1-6,8-9H,7H2. The van der Waals surface area contributed by atoms with Crippen LogP contribution in [0.1, 0.15) is 11.3 Å². The summed E-state index contributed by atoms with van der Waals surface area (Å²) in [6.45, 7) is 0. The van der Waals surface area contributed by atoms with Crippen molar-refractivity contribution in [3.8, 4) is 0 Å². The molecule has 0 amide bonds. The Labute approximate surface area is 109 Å². The number of nitrogens with zero attached hydrogens (tertiary/aromatic N) is 2. The second kappa shape index (κ2) is 4.42. The summed E-state index contributed by atoms with van der Waals surface area (Å²) in [5.74, 6) is -0.223. The van der Waals surface area contributed by atoms with Crippen molar-refractivity contribution >= 4 is 17.2 Å². The van der Waals surface area contributed by atoms with Crippen LogP contribution in [0.5, 0.6) is 0 Å². The lowest BCUT2D eigenvalue weighted by Gasteiger charge is -1.97. The molecule has 3 rings (SSSR count). The summed E-state index contributed by atoms with van der Waals surface area (Å²) in [6.07, 6.45) is 4.40. The highest BCUT2D eigenvalue weighted by atomic mass is 35.5. The molecule has 0 bridgehead atoms. The molecule has 0 atom stereocenters. The Kier molecular flexibility index (Phi) is 2.76. The summed E-state index contributed by atoms with van der Waals surface area (Å²) >= 11 is 5.91. The Morgan fingerprint density at radius 1 is 1.22 bits per heavy atom. The highest BCUT2D eigenvalue weighted by Gasteiger charge is 2.04. The molecule has 0 aliphatic heterocycles. The highest BCUT2D eigenvalue weighted by molar-refractivity contribution is 6.30. The second-order valence-corrected chi connectivity index (χ2v) is 4.59. The zero-order valence-corrected chi connectivity index (χ0v) is 10.2. The number of hydrogen-bond acceptors (Lipinski definition) is 1. The van der Waals surface area contributed by atoms with E-state index in [4.69, 9.17) is 11.6 Å². The van der Waals surface area contributed by atoms with Crippen LogP contribution in [0.2, 0.25) is 5.02 Å². The van der Waals surface area contributed by atoms with Crippen molar-refractivity contribution in [2.45, 2.75) is 6.42 Å². The third-order valence-electron chi connectivity index (χ3n) is 2.75. The Bertz CT molecular complexity index is 706. The molecule has 0 unspecified atom stereocenters. The number of rotatable bonds is 2. The topological polar surface area (TPSA) is 17.3 Å². The van der Waals surface area contributed by atoms with Crippen LogP contribution in [0.25, 0.3) is 5.65 Å². The highest BCUT2D eigenvalue weighted by Crippen LogP contribution is 2.15. The van der Waals surface area contributed by atoms with Gasteiger partial charge in [0.25, 0.3) is 0 Å². The molecule has 2 aromatic heterocycles. The van der Waals surface area contributed by atoms with Crippen LogP contribution in [-0.2, 0) is 6.42 Å². The first-order valence-electron chi connectivity index (χ1n) is 5.58. The van der Waals surface area contributed by atoms with Crippen molar-refractivity contribution in [3.63, 3.8) is 0 Å². The molecular weight excluding hydrogens is 251 g/mol. The van der Waals surface area contributed by atoms with E-state index >= 15 is 0 Å². The van der Waals surface area contributed by atoms with E-state index in [1.165, 1.54) is 12.1 Å². The number of benzene rings is 1. The Morgan fingerprint density at radius 2 is 2.11 bits per heavy atom. The summed E-state index contributed by atoms with van der Waals surface area (Å²) in [5.41, 5.74) is 2.60. The third kappa shape index (κ3) is 2.22. The third-order valence-corrected chi connectivity index (χ3v) is 2.98. The molecule has 90 valence electrons. The number of hydrogen-bond donors (Lipinski definition) is 0. The van der Waals surface area contributed by atoms with Gasteiger partial charge in [0.2, 0.25) is 0 Å². The van der Waals surface area contributed by atoms with Gasteiger partial charge in [0, 0.05) is 23.8 Å². The molecule has 0 saturated carbocycles. The van der Waals surface area contributed by atoms with Crippen molar-refractivity contribution in [1.29, 1.82) is 0 Å². The molecule has 0 aliphatic rings. The van der Waals surface area contributed by atoms with Crippen molar-refractivity contribution < 1.29 is 4.39 Å². The average Bonchev–Trinajstić information content (AvgIpc) is 2.70. The van der Waals surface area contributed by atoms with Gasteiger partial charge in [0.05, 0.1) is 5.69 Å². The summed E-state index contributed by atoms with van der Waals surface area (Å²) in [7, 11) is 0. The maximum Gasteiger partial charge on any atom is 0.138 e. The van der Waals surface area contributed by atoms with Crippen LogP contribution in [0.15, 0.2) is 48.8 Å². The molecule has 4 heteroatoms. The van der Waals surface area contributed by atoms with Crippen LogP contribution < -0.4 is 0 Å². The SMILES string of the molecule is Fc1cccc(Cc2cn3ccc(Cl)cc3n2)c1. The van der Waals surface area contributed by atoms with Gasteiger partial charge in [-0.3, -0.25) is 0 Å². The second-order valence-electron chi connectivity index (χ2n) is 4.15. The van der Waals surface area contributed by atoms with E-state index in [2.05, 4.69) is 4.98 Å². The average molecular weight is 261 g/mol. The lowest BCUT2D eigenvalue weighted by molar-refractivity contribution is 0.626. The van der Waals surface area contributed by atoms with Gasteiger partial charge in [-0.25, -0.2) is 9.37 Å². The van der Waals surface area contributed by atoms with E-state index in [1.807, 2.05) is 28.9 Å². The largest absolute Gasteiger partial charge is 0.307 e. The molecule has 0 radical (unpaired) electrons. The Morgan fingerprint density at radius 3 is 2.94 bits per heavy atom. The minimum absolute atomic E-state index is 0.223. The number of halogens is 2. The van der Waals surface area contributed by atoms with Gasteiger partial charge >= 0.3 is 0 Å². The molecule has 2 heterocycles. The summed E-state index contributed by atoms with van der Waals surface area (Å²) < 4.78 is 15.0. The fourth-order valence-corrected chi connectivity index (χ4v) is 2.10. The van der Waals surface area contributed by atoms with Gasteiger partial charge < -0.3 is 4.40 Å². The van der Waals surface area contributed by atoms with E-state index in [0.717, 1.165) is 16.9 Å². The van der Waals surface area contributed by atoms with Gasteiger partial charge in [0.1, 0.15) is 11.5 Å². The van der Waals surface area contributed by atoms with Crippen LogP contribution in [-0.4, -0.2) is 9.38 Å². The zero-order chi connectivity index (χ0) is 12.5. The number of fused-ring (bicyclic) bond motifs is 1. The molecule has 0 spiro atoms. The van der Waals surface area contributed by atoms with E-state index in [9.17, 15) is 4.39 Å². The first-order valence-corrected chi connectivity index (χ1v) is 5.96. The molecule has 0 N–H and O–H groups in total. The molecule has 3 aromatic rings.